The van der Waals surface area contributed by atoms with E-state index in [1.165, 1.54) is 25.7 Å². The normalized spacial score (nSPS) is 30.8. The lowest BCUT2D eigenvalue weighted by Gasteiger charge is -2.44. The molecular formula is C14H28N2O2S. The zero-order valence-corrected chi connectivity index (χ0v) is 13.1. The van der Waals surface area contributed by atoms with Crippen molar-refractivity contribution in [3.63, 3.8) is 0 Å². The molecule has 1 aliphatic carbocycles. The van der Waals surface area contributed by atoms with Gasteiger partial charge in [-0.3, -0.25) is 0 Å². The summed E-state index contributed by atoms with van der Waals surface area (Å²) in [5.74, 6) is 0.614. The van der Waals surface area contributed by atoms with Gasteiger partial charge >= 0.3 is 0 Å². The summed E-state index contributed by atoms with van der Waals surface area (Å²) in [5, 5.41) is 2.85. The van der Waals surface area contributed by atoms with Gasteiger partial charge in [-0.1, -0.05) is 19.8 Å². The molecule has 0 aromatic carbocycles. The molecule has 1 aliphatic heterocycles. The van der Waals surface area contributed by atoms with Gasteiger partial charge in [0.1, 0.15) is 0 Å². The third-order valence-corrected chi connectivity index (χ3v) is 7.00. The van der Waals surface area contributed by atoms with Crippen LogP contribution in [0.25, 0.3) is 0 Å². The average molecular weight is 288 g/mol. The first-order chi connectivity index (χ1) is 9.07. The first kappa shape index (κ1) is 15.3. The van der Waals surface area contributed by atoms with Crippen molar-refractivity contribution in [3.8, 4) is 0 Å². The Labute approximate surface area is 118 Å². The van der Waals surface area contributed by atoms with Crippen LogP contribution in [0, 0.1) is 5.92 Å². The quantitative estimate of drug-likeness (QED) is 0.841. The highest BCUT2D eigenvalue weighted by Crippen LogP contribution is 2.37. The summed E-state index contributed by atoms with van der Waals surface area (Å²) in [5.41, 5.74) is 0. The van der Waals surface area contributed by atoms with Crippen LogP contribution in [0.4, 0.5) is 0 Å². The maximum Gasteiger partial charge on any atom is 0.218 e. The van der Waals surface area contributed by atoms with Crippen molar-refractivity contribution in [2.75, 3.05) is 19.6 Å². The van der Waals surface area contributed by atoms with Crippen molar-refractivity contribution < 1.29 is 8.42 Å². The number of nitrogens with zero attached hydrogens (tertiary/aromatic N) is 1. The Kier molecular flexibility index (Phi) is 5.26. The second-order valence-electron chi connectivity index (χ2n) is 6.03. The van der Waals surface area contributed by atoms with E-state index in [9.17, 15) is 8.42 Å². The highest BCUT2D eigenvalue weighted by atomic mass is 32.2. The summed E-state index contributed by atoms with van der Waals surface area (Å²) < 4.78 is 27.3. The fourth-order valence-electron chi connectivity index (χ4n) is 3.58. The van der Waals surface area contributed by atoms with Gasteiger partial charge in [-0.25, -0.2) is 8.42 Å². The van der Waals surface area contributed by atoms with Gasteiger partial charge < -0.3 is 5.32 Å². The van der Waals surface area contributed by atoms with Crippen molar-refractivity contribution in [2.45, 2.75) is 63.7 Å². The van der Waals surface area contributed by atoms with E-state index in [4.69, 9.17) is 0 Å². The van der Waals surface area contributed by atoms with E-state index in [1.807, 2.05) is 18.2 Å². The molecule has 1 N–H and O–H groups in total. The van der Waals surface area contributed by atoms with Gasteiger partial charge in [0.05, 0.1) is 5.25 Å². The average Bonchev–Trinajstić information content (AvgIpc) is 2.43. The molecule has 0 amide bonds. The first-order valence-corrected chi connectivity index (χ1v) is 9.29. The van der Waals surface area contributed by atoms with Gasteiger partial charge in [0.15, 0.2) is 0 Å². The third kappa shape index (κ3) is 3.31. The molecule has 4 nitrogen and oxygen atoms in total. The zero-order chi connectivity index (χ0) is 13.9. The second-order valence-corrected chi connectivity index (χ2v) is 8.33. The zero-order valence-electron chi connectivity index (χ0n) is 12.3. The van der Waals surface area contributed by atoms with Crippen LogP contribution >= 0.6 is 0 Å². The molecule has 0 spiro atoms. The van der Waals surface area contributed by atoms with E-state index in [2.05, 4.69) is 5.32 Å². The van der Waals surface area contributed by atoms with Gasteiger partial charge in [0.25, 0.3) is 0 Å². The molecule has 0 bridgehead atoms. The van der Waals surface area contributed by atoms with Crippen LogP contribution in [0.1, 0.15) is 52.4 Å². The summed E-state index contributed by atoms with van der Waals surface area (Å²) in [6.45, 7) is 5.97. The number of fused-ring (bicyclic) bond motifs is 1. The summed E-state index contributed by atoms with van der Waals surface area (Å²) in [6, 6.07) is 0.288. The van der Waals surface area contributed by atoms with Crippen LogP contribution < -0.4 is 5.32 Å². The predicted molar refractivity (Wildman–Crippen MR) is 78.6 cm³/mol. The molecule has 1 saturated heterocycles. The largest absolute Gasteiger partial charge is 0.316 e. The molecule has 5 heteroatoms. The highest BCUT2D eigenvalue weighted by Gasteiger charge is 2.40. The topological polar surface area (TPSA) is 49.4 Å². The lowest BCUT2D eigenvalue weighted by molar-refractivity contribution is 0.128. The van der Waals surface area contributed by atoms with E-state index in [0.29, 0.717) is 12.5 Å². The van der Waals surface area contributed by atoms with Crippen molar-refractivity contribution in [1.82, 2.24) is 9.62 Å². The van der Waals surface area contributed by atoms with Crippen LogP contribution in [0.2, 0.25) is 0 Å². The van der Waals surface area contributed by atoms with Crippen LogP contribution in [0.15, 0.2) is 0 Å². The number of hydrogen-bond acceptors (Lipinski definition) is 3. The number of nitrogens with one attached hydrogen (secondary N) is 1. The Bertz CT molecular complexity index is 381. The van der Waals surface area contributed by atoms with Gasteiger partial charge in [-0.05, 0) is 45.1 Å². The number of sulfonamides is 1. The SMILES string of the molecule is CCNCC(C)S(=O)(=O)N1CCCC2CCCCC21. The maximum atomic E-state index is 12.7. The molecule has 1 saturated carbocycles. The molecule has 19 heavy (non-hydrogen) atoms. The molecule has 112 valence electrons. The van der Waals surface area contributed by atoms with Gasteiger partial charge in [-0.2, -0.15) is 4.31 Å². The molecule has 0 aromatic rings. The molecular weight excluding hydrogens is 260 g/mol. The summed E-state index contributed by atoms with van der Waals surface area (Å²) >= 11 is 0. The maximum absolute atomic E-state index is 12.7. The van der Waals surface area contributed by atoms with Gasteiger partial charge in [0.2, 0.25) is 10.0 Å². The van der Waals surface area contributed by atoms with Crippen molar-refractivity contribution in [3.05, 3.63) is 0 Å². The van der Waals surface area contributed by atoms with Crippen molar-refractivity contribution in [2.24, 2.45) is 5.92 Å². The molecule has 2 fully saturated rings. The second kappa shape index (κ2) is 6.55. The van der Waals surface area contributed by atoms with E-state index < -0.39 is 10.0 Å². The number of piperidine rings is 1. The predicted octanol–water partition coefficient (Wildman–Crippen LogP) is 1.97. The van der Waals surface area contributed by atoms with E-state index in [-0.39, 0.29) is 11.3 Å². The minimum absolute atomic E-state index is 0.288. The van der Waals surface area contributed by atoms with Crippen LogP contribution in [0.3, 0.4) is 0 Å². The molecule has 3 atom stereocenters. The molecule has 2 aliphatic rings. The van der Waals surface area contributed by atoms with Gasteiger partial charge in [-0.15, -0.1) is 0 Å². The Hall–Kier alpha value is -0.130. The molecule has 0 radical (unpaired) electrons. The highest BCUT2D eigenvalue weighted by molar-refractivity contribution is 7.89. The smallest absolute Gasteiger partial charge is 0.218 e. The number of hydrogen-bond donors (Lipinski definition) is 1. The Balaban J connectivity index is 2.09. The molecule has 0 aromatic heterocycles. The Morgan fingerprint density at radius 1 is 1.21 bits per heavy atom. The fourth-order valence-corrected chi connectivity index (χ4v) is 5.41. The lowest BCUT2D eigenvalue weighted by Crippen LogP contribution is -2.53. The van der Waals surface area contributed by atoms with Crippen molar-refractivity contribution in [1.29, 1.82) is 0 Å². The molecule has 2 rings (SSSR count). The summed E-state index contributed by atoms with van der Waals surface area (Å²) in [7, 11) is -3.13. The minimum atomic E-state index is -3.13. The van der Waals surface area contributed by atoms with E-state index in [0.717, 1.165) is 25.9 Å². The Morgan fingerprint density at radius 3 is 2.63 bits per heavy atom. The van der Waals surface area contributed by atoms with E-state index in [1.54, 1.807) is 0 Å². The van der Waals surface area contributed by atoms with Crippen molar-refractivity contribution >= 4 is 10.0 Å². The monoisotopic (exact) mass is 288 g/mol. The molecule has 1 heterocycles. The van der Waals surface area contributed by atoms with Gasteiger partial charge in [0, 0.05) is 19.1 Å². The lowest BCUT2D eigenvalue weighted by atomic mass is 9.79. The standard InChI is InChI=1S/C14H28N2O2S/c1-3-15-11-12(2)19(17,18)16-10-6-8-13-7-4-5-9-14(13)16/h12-15H,3-11H2,1-2H3. The van der Waals surface area contributed by atoms with Crippen LogP contribution in [-0.4, -0.2) is 43.6 Å². The van der Waals surface area contributed by atoms with Crippen LogP contribution in [-0.2, 0) is 10.0 Å². The summed E-state index contributed by atoms with van der Waals surface area (Å²) in [4.78, 5) is 0. The summed E-state index contributed by atoms with van der Waals surface area (Å²) in [6.07, 6.45) is 7.01. The third-order valence-electron chi connectivity index (χ3n) is 4.71. The fraction of sp³-hybridized carbons (Fsp3) is 1.00. The van der Waals surface area contributed by atoms with Crippen LogP contribution in [0.5, 0.6) is 0 Å². The number of rotatable bonds is 5. The Morgan fingerprint density at radius 2 is 1.89 bits per heavy atom. The first-order valence-electron chi connectivity index (χ1n) is 7.78. The molecule has 3 unspecified atom stereocenters. The minimum Gasteiger partial charge on any atom is -0.316 e. The van der Waals surface area contributed by atoms with E-state index >= 15 is 0 Å².